The number of hydrogen-bond acceptors (Lipinski definition) is 4. The van der Waals surface area contributed by atoms with Gasteiger partial charge in [-0.25, -0.2) is 0 Å². The predicted octanol–water partition coefficient (Wildman–Crippen LogP) is 6.06. The summed E-state index contributed by atoms with van der Waals surface area (Å²) in [6, 6.07) is 19.1. The first-order valence-electron chi connectivity index (χ1n) is 13.7. The molecule has 0 bridgehead atoms. The maximum absolute atomic E-state index is 13.0. The zero-order chi connectivity index (χ0) is 24.7. The molecule has 36 heavy (non-hydrogen) atoms. The van der Waals surface area contributed by atoms with Crippen LogP contribution in [0.1, 0.15) is 56.1 Å². The number of benzene rings is 2. The maximum atomic E-state index is 13.0. The Balaban J connectivity index is 1.12. The number of ether oxygens (including phenoxy) is 1. The highest BCUT2D eigenvalue weighted by Crippen LogP contribution is 2.28. The van der Waals surface area contributed by atoms with Gasteiger partial charge in [0.1, 0.15) is 5.75 Å². The molecule has 1 atom stereocenters. The molecule has 5 heteroatoms. The minimum Gasteiger partial charge on any atom is -0.493 e. The highest BCUT2D eigenvalue weighted by atomic mass is 16.5. The number of carbonyl (C=O) groups excluding carboxylic acids is 1. The lowest BCUT2D eigenvalue weighted by Gasteiger charge is -2.35. The highest BCUT2D eigenvalue weighted by Gasteiger charge is 2.30. The molecule has 2 aliphatic rings. The van der Waals surface area contributed by atoms with E-state index in [1.807, 2.05) is 18.3 Å². The predicted molar refractivity (Wildman–Crippen MR) is 145 cm³/mol. The SMILES string of the molecule is CN(Cc1cccc(OC[C@@H]2CCCN(C(=O)C3CCCCC3)C2)c1)Cc1ccc2ncccc2c1. The van der Waals surface area contributed by atoms with Gasteiger partial charge in [0.15, 0.2) is 0 Å². The molecule has 2 heterocycles. The van der Waals surface area contributed by atoms with Crippen molar-refractivity contribution in [1.29, 1.82) is 0 Å². The van der Waals surface area contributed by atoms with Crippen LogP contribution in [0.15, 0.2) is 60.8 Å². The molecular formula is C31H39N3O2. The fourth-order valence-electron chi connectivity index (χ4n) is 5.86. The van der Waals surface area contributed by atoms with Crippen molar-refractivity contribution in [2.24, 2.45) is 11.8 Å². The Kier molecular flexibility index (Phi) is 8.17. The second-order valence-electron chi connectivity index (χ2n) is 10.8. The van der Waals surface area contributed by atoms with E-state index in [2.05, 4.69) is 64.3 Å². The van der Waals surface area contributed by atoms with Crippen molar-refractivity contribution >= 4 is 16.8 Å². The van der Waals surface area contributed by atoms with E-state index in [0.29, 0.717) is 18.4 Å². The Labute approximate surface area is 215 Å². The number of aromatic nitrogens is 1. The molecule has 1 aliphatic carbocycles. The second kappa shape index (κ2) is 11.9. The van der Waals surface area contributed by atoms with Crippen LogP contribution in [0.3, 0.4) is 0 Å². The van der Waals surface area contributed by atoms with Gasteiger partial charge in [-0.1, -0.05) is 43.5 Å². The molecule has 1 saturated heterocycles. The van der Waals surface area contributed by atoms with Crippen LogP contribution in [0.2, 0.25) is 0 Å². The molecule has 0 unspecified atom stereocenters. The molecule has 0 spiro atoms. The Morgan fingerprint density at radius 3 is 2.67 bits per heavy atom. The van der Waals surface area contributed by atoms with E-state index in [0.717, 1.165) is 63.1 Å². The molecule has 0 radical (unpaired) electrons. The van der Waals surface area contributed by atoms with Crippen molar-refractivity contribution < 1.29 is 9.53 Å². The van der Waals surface area contributed by atoms with Crippen LogP contribution in [-0.4, -0.2) is 47.4 Å². The molecule has 1 amide bonds. The van der Waals surface area contributed by atoms with Crippen molar-refractivity contribution in [2.75, 3.05) is 26.7 Å². The van der Waals surface area contributed by atoms with Gasteiger partial charge in [0.25, 0.3) is 0 Å². The van der Waals surface area contributed by atoms with Gasteiger partial charge >= 0.3 is 0 Å². The normalized spacial score (nSPS) is 19.1. The molecule has 1 saturated carbocycles. The third-order valence-corrected chi connectivity index (χ3v) is 7.74. The second-order valence-corrected chi connectivity index (χ2v) is 10.8. The number of piperidine rings is 1. The van der Waals surface area contributed by atoms with Gasteiger partial charge in [-0.05, 0) is 74.2 Å². The van der Waals surface area contributed by atoms with Crippen LogP contribution < -0.4 is 4.74 Å². The number of pyridine rings is 1. The minimum atomic E-state index is 0.262. The van der Waals surface area contributed by atoms with Crippen LogP contribution in [-0.2, 0) is 17.9 Å². The van der Waals surface area contributed by atoms with Gasteiger partial charge in [-0.15, -0.1) is 0 Å². The zero-order valence-corrected chi connectivity index (χ0v) is 21.6. The summed E-state index contributed by atoms with van der Waals surface area (Å²) in [5.41, 5.74) is 3.57. The van der Waals surface area contributed by atoms with Crippen LogP contribution in [0.5, 0.6) is 5.75 Å². The van der Waals surface area contributed by atoms with Gasteiger partial charge in [0.2, 0.25) is 5.91 Å². The lowest BCUT2D eigenvalue weighted by atomic mass is 9.87. The summed E-state index contributed by atoms with van der Waals surface area (Å²) >= 11 is 0. The summed E-state index contributed by atoms with van der Waals surface area (Å²) in [6.07, 6.45) is 9.93. The van der Waals surface area contributed by atoms with E-state index in [9.17, 15) is 4.79 Å². The summed E-state index contributed by atoms with van der Waals surface area (Å²) in [5, 5.41) is 1.18. The van der Waals surface area contributed by atoms with Crippen molar-refractivity contribution in [3.8, 4) is 5.75 Å². The smallest absolute Gasteiger partial charge is 0.225 e. The largest absolute Gasteiger partial charge is 0.493 e. The standard InChI is InChI=1S/C31H39N3O2/c1-33(21-25-14-15-30-28(18-25)12-6-16-32-30)20-24-8-5-13-29(19-24)36-23-26-9-7-17-34(22-26)31(35)27-10-3-2-4-11-27/h5-6,8,12-16,18-19,26-27H,2-4,7,9-11,17,20-23H2,1H3/t26-/m1/s1. The molecular weight excluding hydrogens is 446 g/mol. The van der Waals surface area contributed by atoms with Crippen LogP contribution >= 0.6 is 0 Å². The molecule has 0 N–H and O–H groups in total. The van der Waals surface area contributed by atoms with E-state index >= 15 is 0 Å². The number of hydrogen-bond donors (Lipinski definition) is 0. The average molecular weight is 486 g/mol. The summed E-state index contributed by atoms with van der Waals surface area (Å²) < 4.78 is 6.24. The quantitative estimate of drug-likeness (QED) is 0.389. The summed E-state index contributed by atoms with van der Waals surface area (Å²) in [6.45, 7) is 4.18. The molecule has 3 aromatic rings. The highest BCUT2D eigenvalue weighted by molar-refractivity contribution is 5.79. The Morgan fingerprint density at radius 2 is 1.81 bits per heavy atom. The molecule has 5 nitrogen and oxygen atoms in total. The first-order chi connectivity index (χ1) is 17.6. The minimum absolute atomic E-state index is 0.262. The molecule has 190 valence electrons. The monoisotopic (exact) mass is 485 g/mol. The first kappa shape index (κ1) is 24.8. The Morgan fingerprint density at radius 1 is 0.972 bits per heavy atom. The van der Waals surface area contributed by atoms with Gasteiger partial charge in [-0.2, -0.15) is 0 Å². The summed E-state index contributed by atoms with van der Waals surface area (Å²) in [4.78, 5) is 21.9. The fourth-order valence-corrected chi connectivity index (χ4v) is 5.86. The molecule has 1 aromatic heterocycles. The topological polar surface area (TPSA) is 45.7 Å². The van der Waals surface area contributed by atoms with Crippen LogP contribution in [0.25, 0.3) is 10.9 Å². The van der Waals surface area contributed by atoms with E-state index in [-0.39, 0.29) is 5.92 Å². The fraction of sp³-hybridized carbons (Fsp3) is 0.484. The number of rotatable bonds is 8. The summed E-state index contributed by atoms with van der Waals surface area (Å²) in [5.74, 6) is 2.00. The average Bonchev–Trinajstić information content (AvgIpc) is 2.92. The van der Waals surface area contributed by atoms with Crippen LogP contribution in [0.4, 0.5) is 0 Å². The third kappa shape index (κ3) is 6.44. The third-order valence-electron chi connectivity index (χ3n) is 7.74. The number of carbonyl (C=O) groups is 1. The number of fused-ring (bicyclic) bond motifs is 1. The van der Waals surface area contributed by atoms with Gasteiger partial charge in [0, 0.05) is 49.6 Å². The first-order valence-corrected chi connectivity index (χ1v) is 13.7. The maximum Gasteiger partial charge on any atom is 0.225 e. The molecule has 2 aromatic carbocycles. The number of likely N-dealkylation sites (tertiary alicyclic amines) is 1. The number of nitrogens with zero attached hydrogens (tertiary/aromatic N) is 3. The zero-order valence-electron chi connectivity index (χ0n) is 21.6. The van der Waals surface area contributed by atoms with Crippen molar-refractivity contribution in [3.05, 3.63) is 71.9 Å². The molecule has 2 fully saturated rings. The molecule has 5 rings (SSSR count). The van der Waals surface area contributed by atoms with E-state index < -0.39 is 0 Å². The van der Waals surface area contributed by atoms with Crippen molar-refractivity contribution in [3.63, 3.8) is 0 Å². The lowest BCUT2D eigenvalue weighted by Crippen LogP contribution is -2.44. The Bertz CT molecular complexity index is 1160. The molecule has 1 aliphatic heterocycles. The van der Waals surface area contributed by atoms with Crippen molar-refractivity contribution in [2.45, 2.75) is 58.0 Å². The van der Waals surface area contributed by atoms with Gasteiger partial charge in [-0.3, -0.25) is 14.7 Å². The van der Waals surface area contributed by atoms with E-state index in [1.54, 1.807) is 0 Å². The number of amides is 1. The van der Waals surface area contributed by atoms with Gasteiger partial charge in [0.05, 0.1) is 12.1 Å². The lowest BCUT2D eigenvalue weighted by molar-refractivity contribution is -0.138. The Hall–Kier alpha value is -2.92. The van der Waals surface area contributed by atoms with Gasteiger partial charge < -0.3 is 9.64 Å². The van der Waals surface area contributed by atoms with Crippen LogP contribution in [0, 0.1) is 11.8 Å². The van der Waals surface area contributed by atoms with Crippen molar-refractivity contribution in [1.82, 2.24) is 14.8 Å². The van der Waals surface area contributed by atoms with E-state index in [1.165, 1.54) is 35.8 Å². The van der Waals surface area contributed by atoms with E-state index in [4.69, 9.17) is 4.74 Å². The summed E-state index contributed by atoms with van der Waals surface area (Å²) in [7, 11) is 2.15.